The number of nitrogens with one attached hydrogen (secondary N) is 2. The summed E-state index contributed by atoms with van der Waals surface area (Å²) in [4.78, 5) is 25.3. The molecule has 0 saturated carbocycles. The third-order valence-corrected chi connectivity index (χ3v) is 5.55. The van der Waals surface area contributed by atoms with Crippen LogP contribution in [0.2, 0.25) is 5.02 Å². The molecule has 2 aromatic heterocycles. The lowest BCUT2D eigenvalue weighted by atomic mass is 10.2. The molecule has 0 aliphatic heterocycles. The Balaban J connectivity index is 1.42. The third kappa shape index (κ3) is 5.02. The van der Waals surface area contributed by atoms with Gasteiger partial charge in [-0.25, -0.2) is 4.39 Å². The van der Waals surface area contributed by atoms with Crippen LogP contribution >= 0.6 is 11.6 Å². The van der Waals surface area contributed by atoms with E-state index in [1.807, 2.05) is 19.9 Å². The number of hydrogen-bond acceptors (Lipinski definition) is 4. The van der Waals surface area contributed by atoms with E-state index in [2.05, 4.69) is 15.7 Å². The minimum atomic E-state index is -0.529. The predicted molar refractivity (Wildman–Crippen MR) is 129 cm³/mol. The summed E-state index contributed by atoms with van der Waals surface area (Å²) in [6.45, 7) is 5.50. The van der Waals surface area contributed by atoms with Crippen molar-refractivity contribution in [2.45, 2.75) is 26.8 Å². The van der Waals surface area contributed by atoms with E-state index in [-0.39, 0.29) is 22.5 Å². The number of furan rings is 1. The summed E-state index contributed by atoms with van der Waals surface area (Å²) >= 11 is 6.34. The van der Waals surface area contributed by atoms with Crippen molar-refractivity contribution in [1.82, 2.24) is 9.78 Å². The zero-order valence-electron chi connectivity index (χ0n) is 18.7. The molecule has 1 atom stereocenters. The molecule has 2 heterocycles. The predicted octanol–water partition coefficient (Wildman–Crippen LogP) is 6.00. The average Bonchev–Trinajstić information content (AvgIpc) is 3.42. The highest BCUT2D eigenvalue weighted by molar-refractivity contribution is 6.34. The van der Waals surface area contributed by atoms with Gasteiger partial charge < -0.3 is 15.1 Å². The SMILES string of the molecule is Cc1cc(C)n(C(C)C(=O)Nc2ccc(NC(=O)c3ccc(-c4ccc(F)cc4)o3)cc2Cl)n1. The lowest BCUT2D eigenvalue weighted by Gasteiger charge is -2.15. The molecule has 2 amide bonds. The fourth-order valence-electron chi connectivity index (χ4n) is 3.50. The van der Waals surface area contributed by atoms with Crippen LogP contribution < -0.4 is 10.6 Å². The number of anilines is 2. The van der Waals surface area contributed by atoms with Crippen LogP contribution in [0.4, 0.5) is 15.8 Å². The summed E-state index contributed by atoms with van der Waals surface area (Å²) < 4.78 is 20.4. The summed E-state index contributed by atoms with van der Waals surface area (Å²) in [7, 11) is 0. The van der Waals surface area contributed by atoms with E-state index in [9.17, 15) is 14.0 Å². The van der Waals surface area contributed by atoms with Gasteiger partial charge in [0, 0.05) is 16.9 Å². The molecule has 0 aliphatic carbocycles. The molecule has 1 unspecified atom stereocenters. The first-order valence-electron chi connectivity index (χ1n) is 10.5. The number of carbonyl (C=O) groups excluding carboxylic acids is 2. The number of carbonyl (C=O) groups is 2. The molecule has 2 N–H and O–H groups in total. The molecule has 0 fully saturated rings. The van der Waals surface area contributed by atoms with E-state index in [0.717, 1.165) is 11.4 Å². The molecule has 7 nitrogen and oxygen atoms in total. The third-order valence-electron chi connectivity index (χ3n) is 5.23. The molecule has 0 saturated heterocycles. The number of hydrogen-bond donors (Lipinski definition) is 2. The highest BCUT2D eigenvalue weighted by Crippen LogP contribution is 2.28. The molecule has 34 heavy (non-hydrogen) atoms. The summed E-state index contributed by atoms with van der Waals surface area (Å²) in [5.74, 6) is -0.566. The number of benzene rings is 2. The number of aromatic nitrogens is 2. The van der Waals surface area contributed by atoms with Crippen LogP contribution in [0.3, 0.4) is 0 Å². The Labute approximate surface area is 200 Å². The van der Waals surface area contributed by atoms with Gasteiger partial charge in [-0.3, -0.25) is 14.3 Å². The first-order valence-corrected chi connectivity index (χ1v) is 10.9. The van der Waals surface area contributed by atoms with Crippen LogP contribution in [0, 0.1) is 19.7 Å². The van der Waals surface area contributed by atoms with Crippen molar-refractivity contribution in [3.8, 4) is 11.3 Å². The van der Waals surface area contributed by atoms with Gasteiger partial charge in [-0.15, -0.1) is 0 Å². The van der Waals surface area contributed by atoms with Crippen molar-refractivity contribution in [3.05, 3.63) is 88.7 Å². The minimum Gasteiger partial charge on any atom is -0.451 e. The van der Waals surface area contributed by atoms with Gasteiger partial charge in [-0.1, -0.05) is 11.6 Å². The van der Waals surface area contributed by atoms with Gasteiger partial charge in [0.25, 0.3) is 5.91 Å². The Morgan fingerprint density at radius 2 is 1.76 bits per heavy atom. The van der Waals surface area contributed by atoms with E-state index < -0.39 is 11.9 Å². The van der Waals surface area contributed by atoms with E-state index in [1.165, 1.54) is 24.3 Å². The highest BCUT2D eigenvalue weighted by atomic mass is 35.5. The zero-order chi connectivity index (χ0) is 24.4. The normalized spacial score (nSPS) is 11.8. The maximum Gasteiger partial charge on any atom is 0.291 e. The van der Waals surface area contributed by atoms with E-state index in [1.54, 1.807) is 41.9 Å². The van der Waals surface area contributed by atoms with Crippen LogP contribution in [0.25, 0.3) is 11.3 Å². The Kier molecular flexibility index (Phi) is 6.51. The number of nitrogens with zero attached hydrogens (tertiary/aromatic N) is 2. The second kappa shape index (κ2) is 9.52. The van der Waals surface area contributed by atoms with Crippen LogP contribution in [0.15, 0.2) is 65.1 Å². The first-order chi connectivity index (χ1) is 16.2. The molecule has 0 spiro atoms. The Morgan fingerprint density at radius 3 is 2.41 bits per heavy atom. The summed E-state index contributed by atoms with van der Waals surface area (Å²) in [5, 5.41) is 10.1. The maximum atomic E-state index is 13.1. The van der Waals surface area contributed by atoms with Crippen LogP contribution in [0.5, 0.6) is 0 Å². The average molecular weight is 481 g/mol. The Hall–Kier alpha value is -3.91. The minimum absolute atomic E-state index is 0.0894. The van der Waals surface area contributed by atoms with Gasteiger partial charge in [0.2, 0.25) is 5.91 Å². The number of amides is 2. The van der Waals surface area contributed by atoms with Crippen LogP contribution in [-0.4, -0.2) is 21.6 Å². The maximum absolute atomic E-state index is 13.1. The quantitative estimate of drug-likeness (QED) is 0.354. The summed E-state index contributed by atoms with van der Waals surface area (Å²) in [6, 6.07) is 15.1. The molecule has 2 aromatic carbocycles. The van der Waals surface area contributed by atoms with Gasteiger partial charge >= 0.3 is 0 Å². The van der Waals surface area contributed by atoms with Gasteiger partial charge in [-0.05, 0) is 81.4 Å². The topological polar surface area (TPSA) is 89.2 Å². The fourth-order valence-corrected chi connectivity index (χ4v) is 3.73. The second-order valence-electron chi connectivity index (χ2n) is 7.86. The summed E-state index contributed by atoms with van der Waals surface area (Å²) in [5.41, 5.74) is 3.20. The molecule has 0 aliphatic rings. The van der Waals surface area contributed by atoms with E-state index in [0.29, 0.717) is 22.7 Å². The number of halogens is 2. The molecule has 0 radical (unpaired) electrons. The standard InChI is InChI=1S/C25H22ClFN4O3/c1-14-12-15(2)31(30-14)16(3)24(32)29-21-9-8-19(13-20(21)26)28-25(33)23-11-10-22(34-23)17-4-6-18(27)7-5-17/h4-13,16H,1-3H3,(H,28,33)(H,29,32). The van der Waals surface area contributed by atoms with Crippen molar-refractivity contribution in [2.75, 3.05) is 10.6 Å². The second-order valence-corrected chi connectivity index (χ2v) is 8.26. The molecule has 4 rings (SSSR count). The molecule has 174 valence electrons. The monoisotopic (exact) mass is 480 g/mol. The van der Waals surface area contributed by atoms with E-state index in [4.69, 9.17) is 16.0 Å². The number of aryl methyl sites for hydroxylation is 2. The molecule has 4 aromatic rings. The van der Waals surface area contributed by atoms with Gasteiger partial charge in [0.05, 0.1) is 16.4 Å². The van der Waals surface area contributed by atoms with Crippen molar-refractivity contribution in [2.24, 2.45) is 0 Å². The molecule has 0 bridgehead atoms. The van der Waals surface area contributed by atoms with Gasteiger partial charge in [0.1, 0.15) is 17.6 Å². The molecule has 9 heteroatoms. The Bertz CT molecular complexity index is 1360. The van der Waals surface area contributed by atoms with Crippen LogP contribution in [-0.2, 0) is 4.79 Å². The van der Waals surface area contributed by atoms with Crippen molar-refractivity contribution >= 4 is 34.8 Å². The largest absolute Gasteiger partial charge is 0.451 e. The van der Waals surface area contributed by atoms with Gasteiger partial charge in [0.15, 0.2) is 5.76 Å². The zero-order valence-corrected chi connectivity index (χ0v) is 19.5. The fraction of sp³-hybridized carbons (Fsp3) is 0.160. The lowest BCUT2D eigenvalue weighted by molar-refractivity contribution is -0.119. The molecular formula is C25H22ClFN4O3. The number of rotatable bonds is 6. The Morgan fingerprint density at radius 1 is 1.03 bits per heavy atom. The smallest absolute Gasteiger partial charge is 0.291 e. The first kappa shape index (κ1) is 23.3. The van der Waals surface area contributed by atoms with Crippen molar-refractivity contribution in [1.29, 1.82) is 0 Å². The lowest BCUT2D eigenvalue weighted by Crippen LogP contribution is -2.25. The van der Waals surface area contributed by atoms with Crippen LogP contribution in [0.1, 0.15) is 34.9 Å². The van der Waals surface area contributed by atoms with Crippen molar-refractivity contribution in [3.63, 3.8) is 0 Å². The van der Waals surface area contributed by atoms with E-state index >= 15 is 0 Å². The van der Waals surface area contributed by atoms with Gasteiger partial charge in [-0.2, -0.15) is 5.10 Å². The van der Waals surface area contributed by atoms with Crippen molar-refractivity contribution < 1.29 is 18.4 Å². The summed E-state index contributed by atoms with van der Waals surface area (Å²) in [6.07, 6.45) is 0. The highest BCUT2D eigenvalue weighted by Gasteiger charge is 2.19. The molecular weight excluding hydrogens is 459 g/mol.